The summed E-state index contributed by atoms with van der Waals surface area (Å²) in [5, 5.41) is 30.7. The maximum atomic E-state index is 12.9. The zero-order valence-electron chi connectivity index (χ0n) is 41.1. The van der Waals surface area contributed by atoms with E-state index >= 15 is 0 Å². The Morgan fingerprint density at radius 1 is 0.559 bits per heavy atom. The van der Waals surface area contributed by atoms with Crippen LogP contribution >= 0.6 is 0 Å². The summed E-state index contributed by atoms with van der Waals surface area (Å²) in [7, 11) is -5.08. The van der Waals surface area contributed by atoms with Crippen molar-refractivity contribution in [3.05, 3.63) is 134 Å². The molecule has 1 heterocycles. The van der Waals surface area contributed by atoms with Crippen LogP contribution in [0.1, 0.15) is 142 Å². The number of carbonyl (C=O) groups excluding carboxylic acids is 1. The predicted molar refractivity (Wildman–Crippen MR) is 275 cm³/mol. The summed E-state index contributed by atoms with van der Waals surface area (Å²) in [4.78, 5) is 12.9. The third-order valence-electron chi connectivity index (χ3n) is 10.3. The van der Waals surface area contributed by atoms with E-state index in [1.54, 1.807) is 0 Å². The molecule has 68 heavy (non-hydrogen) atoms. The Bertz CT molecular complexity index is 1690. The number of unbranched alkanes of at least 4 members (excludes halogenated alkanes) is 6. The average molecular weight is 971 g/mol. The zero-order chi connectivity index (χ0) is 49.6. The Labute approximate surface area is 410 Å². The largest absolute Gasteiger partial charge is 0.457 e. The highest BCUT2D eigenvalue weighted by Gasteiger charge is 2.48. The second-order valence-corrected chi connectivity index (χ2v) is 17.3. The van der Waals surface area contributed by atoms with Crippen molar-refractivity contribution in [1.82, 2.24) is 0 Å². The standard InChI is InChI=1S/C55H86O12S/c1-3-5-7-9-11-13-15-17-19-21-22-23-24-25-26-27-29-31-33-35-37-39-41-43-45-63-47-49(48-64-55-53(59)54(67-68(60,61)62)52(58)50(46-56)66-55)65-51(57)44-42-40-38-36-34-32-30-28-20-18-16-14-12-10-8-6-4-2/h5-8,11-14,17-20,22-23,25-26,29-32,35,37,49-50,52-56,58-59H,3-4,9-10,15-16,21,24,27-28,33-34,36,38-48H2,1-2H3,(H,60,61,62)/b7-5-,8-6-,13-11-,14-12-,19-17-,20-18-,23-22-,26-25-,31-29-,32-30-,37-35-. The van der Waals surface area contributed by atoms with Crippen molar-refractivity contribution in [2.75, 3.05) is 26.4 Å². The number of ether oxygens (including phenoxy) is 4. The van der Waals surface area contributed by atoms with E-state index in [9.17, 15) is 33.1 Å². The Kier molecular flexibility index (Phi) is 40.7. The van der Waals surface area contributed by atoms with Gasteiger partial charge in [-0.05, 0) is 109 Å². The van der Waals surface area contributed by atoms with Gasteiger partial charge >= 0.3 is 16.4 Å². The first kappa shape index (κ1) is 62.3. The van der Waals surface area contributed by atoms with Crippen LogP contribution in [-0.4, -0.2) is 97.5 Å². The summed E-state index contributed by atoms with van der Waals surface area (Å²) in [6, 6.07) is 0. The normalized spacial score (nSPS) is 20.5. The lowest BCUT2D eigenvalue weighted by Crippen LogP contribution is -2.60. The summed E-state index contributed by atoms with van der Waals surface area (Å²) >= 11 is 0. The van der Waals surface area contributed by atoms with Gasteiger partial charge in [-0.2, -0.15) is 8.42 Å². The zero-order valence-corrected chi connectivity index (χ0v) is 41.9. The Hall–Kier alpha value is -3.76. The van der Waals surface area contributed by atoms with Crippen LogP contribution in [0.25, 0.3) is 0 Å². The van der Waals surface area contributed by atoms with Crippen molar-refractivity contribution in [2.24, 2.45) is 0 Å². The second-order valence-electron chi connectivity index (χ2n) is 16.3. The van der Waals surface area contributed by atoms with Gasteiger partial charge in [0.2, 0.25) is 0 Å². The van der Waals surface area contributed by atoms with E-state index in [4.69, 9.17) is 18.9 Å². The molecule has 1 fully saturated rings. The van der Waals surface area contributed by atoms with Crippen LogP contribution in [0.15, 0.2) is 134 Å². The van der Waals surface area contributed by atoms with Crippen LogP contribution in [-0.2, 0) is 38.3 Å². The third kappa shape index (κ3) is 37.2. The van der Waals surface area contributed by atoms with Gasteiger partial charge in [-0.25, -0.2) is 4.18 Å². The lowest BCUT2D eigenvalue weighted by atomic mass is 9.99. The summed E-state index contributed by atoms with van der Waals surface area (Å²) in [5.74, 6) is -0.445. The van der Waals surface area contributed by atoms with E-state index in [2.05, 4.69) is 152 Å². The molecule has 12 nitrogen and oxygen atoms in total. The van der Waals surface area contributed by atoms with E-state index in [1.807, 2.05) is 0 Å². The van der Waals surface area contributed by atoms with Gasteiger partial charge in [0.05, 0.1) is 19.8 Å². The number of hydrogen-bond acceptors (Lipinski definition) is 11. The Morgan fingerprint density at radius 3 is 1.40 bits per heavy atom. The number of aliphatic hydroxyl groups is 3. The SMILES string of the molecule is CC/C=C\C/C=C\C/C=C\C/C=C\C/C=C\C/C=C\C/C=C\CCCCOCC(COC1OC(CO)C(O)C(OS(=O)(=O)O)C1O)OC(=O)CCCCCC/C=C\C/C=C\C/C=C\C/C=C\CC. The van der Waals surface area contributed by atoms with E-state index in [-0.39, 0.29) is 19.6 Å². The molecule has 384 valence electrons. The molecule has 4 N–H and O–H groups in total. The molecule has 13 heteroatoms. The van der Waals surface area contributed by atoms with Crippen molar-refractivity contribution >= 4 is 16.4 Å². The first-order valence-electron chi connectivity index (χ1n) is 24.9. The topological polar surface area (TPSA) is 178 Å². The highest BCUT2D eigenvalue weighted by atomic mass is 32.3. The molecule has 1 aliphatic heterocycles. The first-order valence-corrected chi connectivity index (χ1v) is 26.3. The first-order chi connectivity index (χ1) is 33.1. The fraction of sp³-hybridized carbons (Fsp3) is 0.582. The quantitative estimate of drug-likeness (QED) is 0.0198. The summed E-state index contributed by atoms with van der Waals surface area (Å²) in [6.45, 7) is 3.59. The lowest BCUT2D eigenvalue weighted by molar-refractivity contribution is -0.301. The molecule has 0 aromatic heterocycles. The Morgan fingerprint density at radius 2 is 0.971 bits per heavy atom. The van der Waals surface area contributed by atoms with Gasteiger partial charge in [0.15, 0.2) is 6.29 Å². The number of hydrogen-bond donors (Lipinski definition) is 4. The van der Waals surface area contributed by atoms with Gasteiger partial charge in [-0.15, -0.1) is 0 Å². The maximum absolute atomic E-state index is 12.9. The molecular weight excluding hydrogens is 885 g/mol. The van der Waals surface area contributed by atoms with Gasteiger partial charge < -0.3 is 34.3 Å². The molecule has 0 spiro atoms. The average Bonchev–Trinajstić information content (AvgIpc) is 3.31. The van der Waals surface area contributed by atoms with Crippen molar-refractivity contribution in [2.45, 2.75) is 179 Å². The van der Waals surface area contributed by atoms with Crippen molar-refractivity contribution in [3.63, 3.8) is 0 Å². The molecule has 1 rings (SSSR count). The van der Waals surface area contributed by atoms with Crippen molar-refractivity contribution < 1.29 is 56.2 Å². The van der Waals surface area contributed by atoms with E-state index in [0.29, 0.717) is 13.0 Å². The van der Waals surface area contributed by atoms with Crippen LogP contribution in [0.5, 0.6) is 0 Å². The Balaban J connectivity index is 2.45. The van der Waals surface area contributed by atoms with Gasteiger partial charge in [0, 0.05) is 13.0 Å². The van der Waals surface area contributed by atoms with Gasteiger partial charge in [-0.1, -0.05) is 160 Å². The molecule has 0 amide bonds. The molecule has 6 unspecified atom stereocenters. The fourth-order valence-electron chi connectivity index (χ4n) is 6.58. The summed E-state index contributed by atoms with van der Waals surface area (Å²) in [5.41, 5.74) is 0. The van der Waals surface area contributed by atoms with Crippen LogP contribution in [0.2, 0.25) is 0 Å². The van der Waals surface area contributed by atoms with Gasteiger partial charge in [0.1, 0.15) is 30.5 Å². The molecule has 0 bridgehead atoms. The van der Waals surface area contributed by atoms with Crippen molar-refractivity contribution in [3.8, 4) is 0 Å². The predicted octanol–water partition coefficient (Wildman–Crippen LogP) is 11.5. The number of aliphatic hydroxyl groups excluding tert-OH is 3. The molecule has 0 radical (unpaired) electrons. The van der Waals surface area contributed by atoms with Crippen LogP contribution in [0.3, 0.4) is 0 Å². The van der Waals surface area contributed by atoms with E-state index in [1.165, 1.54) is 0 Å². The molecule has 0 aliphatic carbocycles. The molecule has 1 aliphatic rings. The monoisotopic (exact) mass is 971 g/mol. The second kappa shape index (κ2) is 44.4. The number of rotatable bonds is 41. The highest BCUT2D eigenvalue weighted by molar-refractivity contribution is 7.80. The van der Waals surface area contributed by atoms with Crippen LogP contribution < -0.4 is 0 Å². The van der Waals surface area contributed by atoms with Gasteiger partial charge in [0.25, 0.3) is 0 Å². The molecule has 0 saturated carbocycles. The molecule has 0 aromatic rings. The lowest BCUT2D eigenvalue weighted by Gasteiger charge is -2.41. The molecule has 0 aromatic carbocycles. The fourth-order valence-corrected chi connectivity index (χ4v) is 7.09. The highest BCUT2D eigenvalue weighted by Crippen LogP contribution is 2.26. The number of esters is 1. The van der Waals surface area contributed by atoms with Crippen LogP contribution in [0, 0.1) is 0 Å². The minimum Gasteiger partial charge on any atom is -0.457 e. The summed E-state index contributed by atoms with van der Waals surface area (Å²) < 4.78 is 59.1. The van der Waals surface area contributed by atoms with E-state index in [0.717, 1.165) is 116 Å². The maximum Gasteiger partial charge on any atom is 0.397 e. The summed E-state index contributed by atoms with van der Waals surface area (Å²) in [6.07, 6.45) is 56.3. The molecular formula is C55H86O12S. The molecule has 1 saturated heterocycles. The van der Waals surface area contributed by atoms with Gasteiger partial charge in [-0.3, -0.25) is 9.35 Å². The van der Waals surface area contributed by atoms with E-state index < -0.39 is 59.8 Å². The van der Waals surface area contributed by atoms with Crippen molar-refractivity contribution in [1.29, 1.82) is 0 Å². The smallest absolute Gasteiger partial charge is 0.397 e. The number of carbonyl (C=O) groups is 1. The minimum atomic E-state index is -5.08. The third-order valence-corrected chi connectivity index (χ3v) is 10.7. The van der Waals surface area contributed by atoms with Crippen LogP contribution in [0.4, 0.5) is 0 Å². The number of allylic oxidation sites excluding steroid dienone is 22. The molecule has 6 atom stereocenters. The minimum absolute atomic E-state index is 0.0149.